The average Bonchev–Trinajstić information content (AvgIpc) is 2.39. The van der Waals surface area contributed by atoms with Gasteiger partial charge in [0, 0.05) is 22.3 Å². The Bertz CT molecular complexity index is 572. The van der Waals surface area contributed by atoms with Crippen LogP contribution in [0.1, 0.15) is 17.2 Å². The minimum atomic E-state index is -0.853. The van der Waals surface area contributed by atoms with Crippen molar-refractivity contribution in [1.82, 2.24) is 0 Å². The lowest BCUT2D eigenvalue weighted by Gasteiger charge is -2.13. The molecule has 0 bridgehead atoms. The Morgan fingerprint density at radius 3 is 2.63 bits per heavy atom. The van der Waals surface area contributed by atoms with Gasteiger partial charge in [0.05, 0.1) is 0 Å². The predicted octanol–water partition coefficient (Wildman–Crippen LogP) is 4.07. The quantitative estimate of drug-likeness (QED) is 0.854. The lowest BCUT2D eigenvalue weighted by molar-refractivity contribution is 0.493. The van der Waals surface area contributed by atoms with E-state index in [1.54, 1.807) is 0 Å². The summed E-state index contributed by atoms with van der Waals surface area (Å²) in [6.07, 6.45) is 0. The third-order valence-electron chi connectivity index (χ3n) is 2.80. The fourth-order valence-electron chi connectivity index (χ4n) is 1.79. The second-order valence-corrected chi connectivity index (χ2v) is 5.47. The van der Waals surface area contributed by atoms with E-state index in [1.807, 2.05) is 31.2 Å². The molecule has 1 unspecified atom stereocenters. The molecule has 0 aromatic heterocycles. The highest BCUT2D eigenvalue weighted by atomic mass is 32.2. The van der Waals surface area contributed by atoms with Crippen LogP contribution in [0.25, 0.3) is 0 Å². The second-order valence-electron chi connectivity index (χ2n) is 4.38. The van der Waals surface area contributed by atoms with Crippen LogP contribution in [-0.2, 0) is 0 Å². The summed E-state index contributed by atoms with van der Waals surface area (Å²) in [5, 5.41) is 0. The van der Waals surface area contributed by atoms with Crippen molar-refractivity contribution in [1.29, 1.82) is 0 Å². The highest BCUT2D eigenvalue weighted by Gasteiger charge is 2.14. The van der Waals surface area contributed by atoms with Gasteiger partial charge in [-0.1, -0.05) is 29.8 Å². The van der Waals surface area contributed by atoms with Crippen molar-refractivity contribution >= 4 is 11.8 Å². The molecule has 0 saturated heterocycles. The van der Waals surface area contributed by atoms with Crippen LogP contribution < -0.4 is 5.73 Å². The van der Waals surface area contributed by atoms with Crippen LogP contribution in [-0.4, -0.2) is 5.75 Å². The Balaban J connectivity index is 2.05. The minimum absolute atomic E-state index is 0.222. The molecule has 1 atom stereocenters. The molecule has 0 aliphatic heterocycles. The third-order valence-corrected chi connectivity index (χ3v) is 3.91. The molecular weight excluding hydrogens is 264 g/mol. The Hall–Kier alpha value is -1.39. The zero-order valence-electron chi connectivity index (χ0n) is 10.6. The number of thioether (sulfide) groups is 1. The smallest absolute Gasteiger partial charge is 0.163 e. The summed E-state index contributed by atoms with van der Waals surface area (Å²) >= 11 is 1.54. The zero-order chi connectivity index (χ0) is 13.8. The first-order valence-corrected chi connectivity index (χ1v) is 6.95. The summed E-state index contributed by atoms with van der Waals surface area (Å²) < 4.78 is 26.7. The van der Waals surface area contributed by atoms with Crippen LogP contribution in [0.4, 0.5) is 8.78 Å². The van der Waals surface area contributed by atoms with Crippen LogP contribution >= 0.6 is 11.8 Å². The number of aryl methyl sites for hydroxylation is 1. The predicted molar refractivity (Wildman–Crippen MR) is 75.2 cm³/mol. The molecule has 0 radical (unpaired) electrons. The van der Waals surface area contributed by atoms with Crippen molar-refractivity contribution < 1.29 is 8.78 Å². The maximum absolute atomic E-state index is 13.6. The normalized spacial score (nSPS) is 12.4. The van der Waals surface area contributed by atoms with E-state index in [9.17, 15) is 8.78 Å². The van der Waals surface area contributed by atoms with Gasteiger partial charge in [0.25, 0.3) is 0 Å². The Morgan fingerprint density at radius 2 is 1.89 bits per heavy atom. The molecule has 19 heavy (non-hydrogen) atoms. The van der Waals surface area contributed by atoms with Crippen LogP contribution in [0.3, 0.4) is 0 Å². The summed E-state index contributed by atoms with van der Waals surface area (Å²) in [4.78, 5) is 1.08. The molecular formula is C15H15F2NS. The Morgan fingerprint density at radius 1 is 1.16 bits per heavy atom. The van der Waals surface area contributed by atoms with E-state index in [2.05, 4.69) is 0 Å². The molecule has 0 fully saturated rings. The minimum Gasteiger partial charge on any atom is -0.323 e. The van der Waals surface area contributed by atoms with Crippen LogP contribution in [0, 0.1) is 18.6 Å². The number of hydrogen-bond acceptors (Lipinski definition) is 2. The van der Waals surface area contributed by atoms with Crippen molar-refractivity contribution in [2.24, 2.45) is 5.73 Å². The Labute approximate surface area is 115 Å². The lowest BCUT2D eigenvalue weighted by Crippen LogP contribution is -2.15. The van der Waals surface area contributed by atoms with Crippen molar-refractivity contribution in [3.63, 3.8) is 0 Å². The van der Waals surface area contributed by atoms with Gasteiger partial charge in [-0.2, -0.15) is 0 Å². The van der Waals surface area contributed by atoms with Gasteiger partial charge >= 0.3 is 0 Å². The first-order chi connectivity index (χ1) is 9.08. The van der Waals surface area contributed by atoms with Gasteiger partial charge < -0.3 is 5.73 Å². The monoisotopic (exact) mass is 279 g/mol. The molecule has 0 amide bonds. The van der Waals surface area contributed by atoms with E-state index in [0.717, 1.165) is 16.5 Å². The summed E-state index contributed by atoms with van der Waals surface area (Å²) in [5.74, 6) is -1.20. The molecule has 0 heterocycles. The maximum Gasteiger partial charge on any atom is 0.163 e. The molecule has 2 aromatic carbocycles. The van der Waals surface area contributed by atoms with E-state index in [1.165, 1.54) is 23.9 Å². The van der Waals surface area contributed by atoms with E-state index >= 15 is 0 Å². The number of rotatable bonds is 4. The topological polar surface area (TPSA) is 26.0 Å². The fraction of sp³-hybridized carbons (Fsp3) is 0.200. The van der Waals surface area contributed by atoms with Gasteiger partial charge in [0.1, 0.15) is 0 Å². The van der Waals surface area contributed by atoms with E-state index in [0.29, 0.717) is 5.75 Å². The van der Waals surface area contributed by atoms with Gasteiger partial charge in [-0.25, -0.2) is 8.78 Å². The van der Waals surface area contributed by atoms with Gasteiger partial charge in [0.2, 0.25) is 0 Å². The van der Waals surface area contributed by atoms with Crippen molar-refractivity contribution in [2.45, 2.75) is 17.9 Å². The van der Waals surface area contributed by atoms with Gasteiger partial charge in [0.15, 0.2) is 11.6 Å². The number of nitrogens with two attached hydrogens (primary N) is 1. The fourth-order valence-corrected chi connectivity index (χ4v) is 2.78. The molecule has 2 aromatic rings. The molecule has 0 saturated carbocycles. The average molecular weight is 279 g/mol. The highest BCUT2D eigenvalue weighted by Crippen LogP contribution is 2.26. The van der Waals surface area contributed by atoms with Crippen molar-refractivity contribution in [2.75, 3.05) is 5.75 Å². The van der Waals surface area contributed by atoms with Gasteiger partial charge in [-0.05, 0) is 25.1 Å². The van der Waals surface area contributed by atoms with Crippen molar-refractivity contribution in [3.8, 4) is 0 Å². The molecule has 2 N–H and O–H groups in total. The number of halogens is 2. The molecule has 1 nitrogen and oxygen atoms in total. The van der Waals surface area contributed by atoms with Gasteiger partial charge in [-0.15, -0.1) is 11.8 Å². The van der Waals surface area contributed by atoms with Crippen LogP contribution in [0.15, 0.2) is 47.4 Å². The first kappa shape index (κ1) is 14.0. The summed E-state index contributed by atoms with van der Waals surface area (Å²) in [6.45, 7) is 2.01. The molecule has 0 spiro atoms. The van der Waals surface area contributed by atoms with E-state index < -0.39 is 17.7 Å². The summed E-state index contributed by atoms with van der Waals surface area (Å²) in [7, 11) is 0. The molecule has 4 heteroatoms. The van der Waals surface area contributed by atoms with Crippen molar-refractivity contribution in [3.05, 3.63) is 65.2 Å². The molecule has 0 aliphatic carbocycles. The Kier molecular flexibility index (Phi) is 4.56. The van der Waals surface area contributed by atoms with Crippen LogP contribution in [0.5, 0.6) is 0 Å². The van der Waals surface area contributed by atoms with E-state index in [-0.39, 0.29) is 5.56 Å². The third kappa shape index (κ3) is 3.55. The standard InChI is InChI=1S/C15H15F2NS/c1-10-4-2-5-11(8-10)19-9-14(18)12-6-3-7-13(16)15(12)17/h2-8,14H,9,18H2,1H3. The number of hydrogen-bond donors (Lipinski definition) is 1. The second kappa shape index (κ2) is 6.17. The summed E-state index contributed by atoms with van der Waals surface area (Å²) in [5.41, 5.74) is 7.31. The molecule has 100 valence electrons. The lowest BCUT2D eigenvalue weighted by atomic mass is 10.1. The first-order valence-electron chi connectivity index (χ1n) is 5.97. The van der Waals surface area contributed by atoms with Crippen LogP contribution in [0.2, 0.25) is 0 Å². The van der Waals surface area contributed by atoms with E-state index in [4.69, 9.17) is 5.73 Å². The largest absolute Gasteiger partial charge is 0.323 e. The molecule has 2 rings (SSSR count). The zero-order valence-corrected chi connectivity index (χ0v) is 11.4. The molecule has 0 aliphatic rings. The van der Waals surface area contributed by atoms with Gasteiger partial charge in [-0.3, -0.25) is 0 Å². The SMILES string of the molecule is Cc1cccc(SCC(N)c2cccc(F)c2F)c1. The number of benzene rings is 2. The maximum atomic E-state index is 13.6. The summed E-state index contributed by atoms with van der Waals surface area (Å²) in [6, 6.07) is 11.6. The highest BCUT2D eigenvalue weighted by molar-refractivity contribution is 7.99.